The van der Waals surface area contributed by atoms with Crippen LogP contribution >= 0.6 is 23.4 Å². The van der Waals surface area contributed by atoms with Gasteiger partial charge in [0.25, 0.3) is 0 Å². The number of hydrogen-bond acceptors (Lipinski definition) is 7. The van der Waals surface area contributed by atoms with Crippen LogP contribution < -0.4 is 20.1 Å². The lowest BCUT2D eigenvalue weighted by Gasteiger charge is -2.11. The second kappa shape index (κ2) is 12.1. The summed E-state index contributed by atoms with van der Waals surface area (Å²) in [5.74, 6) is 1.22. The second-order valence-electron chi connectivity index (χ2n) is 6.93. The van der Waals surface area contributed by atoms with Gasteiger partial charge in [0.2, 0.25) is 11.8 Å². The van der Waals surface area contributed by atoms with Crippen LogP contribution in [0.4, 0.5) is 11.4 Å². The molecule has 2 amide bonds. The van der Waals surface area contributed by atoms with Crippen LogP contribution in [-0.4, -0.2) is 46.6 Å². The molecule has 34 heavy (non-hydrogen) atoms. The van der Waals surface area contributed by atoms with Gasteiger partial charge in [-0.25, -0.2) is 0 Å². The topological polar surface area (TPSA) is 107 Å². The summed E-state index contributed by atoms with van der Waals surface area (Å²) in [6, 6.07) is 12.0. The fraction of sp³-hybridized carbons (Fsp3) is 0.217. The Hall–Kier alpha value is -3.50. The Morgan fingerprint density at radius 1 is 1.09 bits per heavy atom. The van der Waals surface area contributed by atoms with Gasteiger partial charge in [-0.1, -0.05) is 29.4 Å². The van der Waals surface area contributed by atoms with E-state index in [4.69, 9.17) is 21.1 Å². The third-order valence-electron chi connectivity index (χ3n) is 4.57. The number of nitrogens with zero attached hydrogens (tertiary/aromatic N) is 3. The predicted molar refractivity (Wildman–Crippen MR) is 133 cm³/mol. The summed E-state index contributed by atoms with van der Waals surface area (Å²) in [6.07, 6.45) is 1.69. The molecule has 9 nitrogen and oxygen atoms in total. The van der Waals surface area contributed by atoms with Gasteiger partial charge >= 0.3 is 0 Å². The fourth-order valence-electron chi connectivity index (χ4n) is 2.99. The lowest BCUT2D eigenvalue weighted by Crippen LogP contribution is -2.18. The van der Waals surface area contributed by atoms with Crippen LogP contribution in [0.5, 0.6) is 11.5 Å². The van der Waals surface area contributed by atoms with Crippen molar-refractivity contribution in [2.45, 2.75) is 18.1 Å². The Morgan fingerprint density at radius 3 is 2.53 bits per heavy atom. The zero-order chi connectivity index (χ0) is 24.5. The van der Waals surface area contributed by atoms with Crippen LogP contribution in [0.3, 0.4) is 0 Å². The minimum atomic E-state index is -0.266. The minimum Gasteiger partial charge on any atom is -0.497 e. The normalized spacial score (nSPS) is 10.4. The molecule has 0 bridgehead atoms. The second-order valence-corrected chi connectivity index (χ2v) is 8.31. The number of hydrogen-bond donors (Lipinski definition) is 2. The lowest BCUT2D eigenvalue weighted by molar-refractivity contribution is -0.116. The number of methoxy groups -OCH3 is 2. The summed E-state index contributed by atoms with van der Waals surface area (Å²) in [5, 5.41) is 14.9. The summed E-state index contributed by atoms with van der Waals surface area (Å²) in [5.41, 5.74) is 1.12. The van der Waals surface area contributed by atoms with E-state index in [1.807, 2.05) is 0 Å². The van der Waals surface area contributed by atoms with Crippen molar-refractivity contribution in [2.75, 3.05) is 30.6 Å². The molecule has 0 atom stereocenters. The van der Waals surface area contributed by atoms with E-state index in [0.717, 1.165) is 0 Å². The average molecular weight is 502 g/mol. The molecule has 11 heteroatoms. The van der Waals surface area contributed by atoms with Crippen molar-refractivity contribution in [3.8, 4) is 11.5 Å². The van der Waals surface area contributed by atoms with Crippen molar-refractivity contribution in [2.24, 2.45) is 0 Å². The van der Waals surface area contributed by atoms with Crippen molar-refractivity contribution in [1.29, 1.82) is 0 Å². The number of nitrogens with one attached hydrogen (secondary N) is 2. The number of carbonyl (C=O) groups excluding carboxylic acids is 2. The monoisotopic (exact) mass is 501 g/mol. The number of rotatable bonds is 11. The molecule has 0 fully saturated rings. The first-order valence-corrected chi connectivity index (χ1v) is 11.5. The Labute approximate surface area is 206 Å². The molecule has 0 radical (unpaired) electrons. The number of carbonyl (C=O) groups is 2. The molecule has 1 aromatic heterocycles. The van der Waals surface area contributed by atoms with Gasteiger partial charge < -0.3 is 24.7 Å². The lowest BCUT2D eigenvalue weighted by atomic mass is 10.3. The molecule has 0 unspecified atom stereocenters. The predicted octanol–water partition coefficient (Wildman–Crippen LogP) is 4.05. The highest BCUT2D eigenvalue weighted by molar-refractivity contribution is 7.99. The molecular weight excluding hydrogens is 478 g/mol. The van der Waals surface area contributed by atoms with Crippen LogP contribution in [0.2, 0.25) is 5.02 Å². The Morgan fingerprint density at radius 2 is 1.85 bits per heavy atom. The van der Waals surface area contributed by atoms with E-state index in [1.54, 1.807) is 60.2 Å². The van der Waals surface area contributed by atoms with Crippen molar-refractivity contribution >= 4 is 46.6 Å². The first kappa shape index (κ1) is 25.1. The molecule has 0 aliphatic carbocycles. The Balaban J connectivity index is 1.62. The molecule has 2 aromatic carbocycles. The van der Waals surface area contributed by atoms with Crippen LogP contribution in [0.15, 0.2) is 60.3 Å². The molecule has 3 aromatic rings. The number of benzene rings is 2. The summed E-state index contributed by atoms with van der Waals surface area (Å²) in [7, 11) is 3.09. The first-order chi connectivity index (χ1) is 16.4. The quantitative estimate of drug-likeness (QED) is 0.301. The molecule has 2 N–H and O–H groups in total. The highest BCUT2D eigenvalue weighted by atomic mass is 35.5. The van der Waals surface area contributed by atoms with E-state index in [-0.39, 0.29) is 24.0 Å². The Bertz CT molecular complexity index is 1170. The van der Waals surface area contributed by atoms with Gasteiger partial charge in [-0.2, -0.15) is 0 Å². The number of halogens is 1. The van der Waals surface area contributed by atoms with E-state index >= 15 is 0 Å². The highest BCUT2D eigenvalue weighted by Crippen LogP contribution is 2.28. The van der Waals surface area contributed by atoms with Gasteiger partial charge in [-0.3, -0.25) is 9.59 Å². The number of ether oxygens (including phenoxy) is 2. The third kappa shape index (κ3) is 6.75. The smallest absolute Gasteiger partial charge is 0.234 e. The molecule has 0 aliphatic heterocycles. The molecule has 0 saturated carbocycles. The molecule has 178 valence electrons. The van der Waals surface area contributed by atoms with Crippen molar-refractivity contribution in [1.82, 2.24) is 14.8 Å². The van der Waals surface area contributed by atoms with Gasteiger partial charge in [-0.15, -0.1) is 16.8 Å². The number of amides is 2. The molecule has 0 aliphatic rings. The van der Waals surface area contributed by atoms with Crippen molar-refractivity contribution < 1.29 is 19.1 Å². The maximum absolute atomic E-state index is 12.5. The summed E-state index contributed by atoms with van der Waals surface area (Å²) in [6.45, 7) is 4.15. The number of allylic oxidation sites excluding steroid dienone is 1. The van der Waals surface area contributed by atoms with E-state index in [9.17, 15) is 9.59 Å². The fourth-order valence-corrected chi connectivity index (χ4v) is 3.93. The molecular formula is C23H24ClN5O4S. The third-order valence-corrected chi connectivity index (χ3v) is 5.77. The van der Waals surface area contributed by atoms with Gasteiger partial charge in [0.1, 0.15) is 17.3 Å². The number of thioether (sulfide) groups is 1. The van der Waals surface area contributed by atoms with Crippen LogP contribution in [-0.2, 0) is 22.6 Å². The molecule has 1 heterocycles. The van der Waals surface area contributed by atoms with Crippen LogP contribution in [0.25, 0.3) is 0 Å². The van der Waals surface area contributed by atoms with Gasteiger partial charge in [0.15, 0.2) is 5.16 Å². The van der Waals surface area contributed by atoms with Gasteiger partial charge in [0, 0.05) is 17.3 Å². The standard InChI is InChI=1S/C23H24ClN5O4S/c1-4-11-29-20(13-21(30)25-16-6-8-17(32-2)9-7-16)27-28-23(29)34-14-22(31)26-18-12-15(24)5-10-19(18)33-3/h4-10,12H,1,11,13-14H2,2-3H3,(H,25,30)(H,26,31). The van der Waals surface area contributed by atoms with Crippen LogP contribution in [0.1, 0.15) is 5.82 Å². The summed E-state index contributed by atoms with van der Waals surface area (Å²) >= 11 is 7.21. The van der Waals surface area contributed by atoms with Crippen molar-refractivity contribution in [3.05, 3.63) is 66.0 Å². The average Bonchev–Trinajstić information content (AvgIpc) is 3.19. The van der Waals surface area contributed by atoms with Gasteiger partial charge in [0.05, 0.1) is 32.1 Å². The summed E-state index contributed by atoms with van der Waals surface area (Å²) < 4.78 is 12.1. The highest BCUT2D eigenvalue weighted by Gasteiger charge is 2.17. The van der Waals surface area contributed by atoms with E-state index in [2.05, 4.69) is 27.4 Å². The largest absolute Gasteiger partial charge is 0.497 e. The number of aromatic nitrogens is 3. The molecule has 0 saturated heterocycles. The van der Waals surface area contributed by atoms with Crippen molar-refractivity contribution in [3.63, 3.8) is 0 Å². The maximum atomic E-state index is 12.5. The zero-order valence-electron chi connectivity index (χ0n) is 18.7. The Kier molecular flexibility index (Phi) is 8.94. The van der Waals surface area contributed by atoms with Gasteiger partial charge in [-0.05, 0) is 42.5 Å². The van der Waals surface area contributed by atoms with E-state index in [1.165, 1.54) is 18.9 Å². The minimum absolute atomic E-state index is 0.0132. The first-order valence-electron chi connectivity index (χ1n) is 10.2. The molecule has 3 rings (SSSR count). The van der Waals surface area contributed by atoms with Crippen LogP contribution in [0, 0.1) is 0 Å². The van der Waals surface area contributed by atoms with E-state index < -0.39 is 0 Å². The summed E-state index contributed by atoms with van der Waals surface area (Å²) in [4.78, 5) is 25.0. The number of anilines is 2. The molecule has 0 spiro atoms. The van der Waals surface area contributed by atoms with E-state index in [0.29, 0.717) is 45.4 Å². The zero-order valence-corrected chi connectivity index (χ0v) is 20.3. The SMILES string of the molecule is C=CCn1c(CC(=O)Nc2ccc(OC)cc2)nnc1SCC(=O)Nc1cc(Cl)ccc1OC. The maximum Gasteiger partial charge on any atom is 0.234 e.